The maximum Gasteiger partial charge on any atom is 0.292 e. The Morgan fingerprint density at radius 3 is 2.64 bits per heavy atom. The van der Waals surface area contributed by atoms with Crippen molar-refractivity contribution in [3.63, 3.8) is 0 Å². The third kappa shape index (κ3) is 2.75. The molecule has 5 rings (SSSR count). The average molecular weight is 383 g/mol. The number of ether oxygens (including phenoxy) is 2. The normalized spacial score (nSPS) is 21.8. The molecule has 1 spiro atoms. The second-order valence-electron chi connectivity index (χ2n) is 7.73. The van der Waals surface area contributed by atoms with E-state index in [1.165, 1.54) is 6.07 Å². The summed E-state index contributed by atoms with van der Waals surface area (Å²) in [6.45, 7) is 1.51. The number of carbonyl (C=O) groups excluding carboxylic acids is 1. The Morgan fingerprint density at radius 2 is 1.93 bits per heavy atom. The van der Waals surface area contributed by atoms with Crippen LogP contribution in [0.2, 0.25) is 0 Å². The highest BCUT2D eigenvalue weighted by atomic mass is 19.1. The smallest absolute Gasteiger partial charge is 0.292 e. The molecule has 1 saturated heterocycles. The number of hydrogen-bond donors (Lipinski definition) is 1. The number of rotatable bonds is 4. The van der Waals surface area contributed by atoms with E-state index in [0.29, 0.717) is 36.8 Å². The zero-order valence-electron chi connectivity index (χ0n) is 15.4. The van der Waals surface area contributed by atoms with Gasteiger partial charge in [0, 0.05) is 17.7 Å². The summed E-state index contributed by atoms with van der Waals surface area (Å²) in [6, 6.07) is 11.4. The zero-order valence-corrected chi connectivity index (χ0v) is 15.4. The first-order valence-electron chi connectivity index (χ1n) is 9.77. The summed E-state index contributed by atoms with van der Waals surface area (Å²) in [4.78, 5) is 15.0. The molecule has 1 amide bonds. The first-order valence-corrected chi connectivity index (χ1v) is 9.77. The molecule has 1 N–H and O–H groups in total. The number of aliphatic hydroxyl groups excluding tert-OH is 1. The van der Waals surface area contributed by atoms with Crippen LogP contribution in [0.25, 0.3) is 0 Å². The van der Waals surface area contributed by atoms with Crippen LogP contribution in [0, 0.1) is 11.7 Å². The van der Waals surface area contributed by atoms with Crippen molar-refractivity contribution in [2.24, 2.45) is 5.92 Å². The Morgan fingerprint density at radius 1 is 1.18 bits per heavy atom. The second-order valence-corrected chi connectivity index (χ2v) is 7.73. The van der Waals surface area contributed by atoms with Crippen LogP contribution in [0.4, 0.5) is 10.1 Å². The number of fused-ring (bicyclic) bond motifs is 2. The molecule has 2 aromatic carbocycles. The summed E-state index contributed by atoms with van der Waals surface area (Å²) >= 11 is 0. The number of benzene rings is 2. The van der Waals surface area contributed by atoms with E-state index < -0.39 is 17.7 Å². The van der Waals surface area contributed by atoms with E-state index in [0.717, 1.165) is 24.9 Å². The van der Waals surface area contributed by atoms with Crippen molar-refractivity contribution in [1.82, 2.24) is 0 Å². The molecule has 3 aliphatic rings. The van der Waals surface area contributed by atoms with E-state index in [4.69, 9.17) is 9.47 Å². The van der Waals surface area contributed by atoms with E-state index >= 15 is 0 Å². The Kier molecular flexibility index (Phi) is 4.23. The van der Waals surface area contributed by atoms with Gasteiger partial charge < -0.3 is 19.5 Å². The minimum absolute atomic E-state index is 0.196. The highest BCUT2D eigenvalue weighted by Gasteiger charge is 2.55. The lowest BCUT2D eigenvalue weighted by atomic mass is 9.96. The molecule has 1 unspecified atom stereocenters. The van der Waals surface area contributed by atoms with Gasteiger partial charge in [-0.2, -0.15) is 0 Å². The molecular weight excluding hydrogens is 361 g/mol. The highest BCUT2D eigenvalue weighted by Crippen LogP contribution is 2.48. The predicted molar refractivity (Wildman–Crippen MR) is 100 cm³/mol. The number of nitrogens with zero attached hydrogens (tertiary/aromatic N) is 1. The fraction of sp³-hybridized carbons (Fsp3) is 0.409. The molecule has 0 aromatic heterocycles. The monoisotopic (exact) mass is 383 g/mol. The number of hydrogen-bond acceptors (Lipinski definition) is 4. The number of carbonyl (C=O) groups is 1. The first-order chi connectivity index (χ1) is 13.6. The van der Waals surface area contributed by atoms with Gasteiger partial charge in [0.05, 0.1) is 18.9 Å². The molecule has 1 saturated carbocycles. The molecular formula is C22H22FNO4. The summed E-state index contributed by atoms with van der Waals surface area (Å²) < 4.78 is 25.9. The summed E-state index contributed by atoms with van der Waals surface area (Å²) in [7, 11) is 0. The van der Waals surface area contributed by atoms with E-state index in [1.807, 2.05) is 6.07 Å². The van der Waals surface area contributed by atoms with Crippen molar-refractivity contribution in [2.45, 2.75) is 31.2 Å². The summed E-state index contributed by atoms with van der Waals surface area (Å²) in [5.41, 5.74) is 2.05. The van der Waals surface area contributed by atoms with Crippen molar-refractivity contribution in [3.8, 4) is 0 Å². The van der Waals surface area contributed by atoms with Crippen LogP contribution in [-0.2, 0) is 20.1 Å². The lowest BCUT2D eigenvalue weighted by Crippen LogP contribution is -2.47. The Balaban J connectivity index is 1.58. The Bertz CT molecular complexity index is 921. The van der Waals surface area contributed by atoms with E-state index in [2.05, 4.69) is 0 Å². The van der Waals surface area contributed by atoms with Gasteiger partial charge in [-0.05, 0) is 48.9 Å². The van der Waals surface area contributed by atoms with Gasteiger partial charge in [-0.3, -0.25) is 4.79 Å². The standard InChI is InChI=1S/C22H22FNO4/c23-18-5-2-1-4-16(18)20(25)15-8-9-19-17(12-15)22(27-10-3-11-28-22)21(26)24(19)13-14-6-7-14/h1-2,4-5,8-9,12,14,20,25H,3,6-7,10-11,13H2. The van der Waals surface area contributed by atoms with Gasteiger partial charge in [0.15, 0.2) is 0 Å². The summed E-state index contributed by atoms with van der Waals surface area (Å²) in [6.07, 6.45) is 1.83. The third-order valence-electron chi connectivity index (χ3n) is 5.75. The molecule has 5 nitrogen and oxygen atoms in total. The van der Waals surface area contributed by atoms with Crippen molar-refractivity contribution in [1.29, 1.82) is 0 Å². The molecule has 6 heteroatoms. The molecule has 28 heavy (non-hydrogen) atoms. The lowest BCUT2D eigenvalue weighted by molar-refractivity contribution is -0.256. The van der Waals surface area contributed by atoms with Crippen molar-refractivity contribution in [3.05, 3.63) is 65.0 Å². The summed E-state index contributed by atoms with van der Waals surface area (Å²) in [5, 5.41) is 10.8. The molecule has 2 aromatic rings. The van der Waals surface area contributed by atoms with E-state index in [9.17, 15) is 14.3 Å². The van der Waals surface area contributed by atoms with Crippen LogP contribution in [0.3, 0.4) is 0 Å². The van der Waals surface area contributed by atoms with Gasteiger partial charge in [0.2, 0.25) is 0 Å². The second kappa shape index (κ2) is 6.65. The first kappa shape index (κ1) is 17.8. The van der Waals surface area contributed by atoms with Gasteiger partial charge in [0.1, 0.15) is 11.9 Å². The number of anilines is 1. The molecule has 0 bridgehead atoms. The van der Waals surface area contributed by atoms with Crippen LogP contribution in [0.5, 0.6) is 0 Å². The number of aliphatic hydroxyl groups is 1. The Labute approximate surface area is 162 Å². The van der Waals surface area contributed by atoms with Crippen LogP contribution in [0.15, 0.2) is 42.5 Å². The fourth-order valence-electron chi connectivity index (χ4n) is 4.05. The van der Waals surface area contributed by atoms with Crippen molar-refractivity contribution >= 4 is 11.6 Å². The highest BCUT2D eigenvalue weighted by molar-refractivity contribution is 6.06. The number of halogens is 1. The summed E-state index contributed by atoms with van der Waals surface area (Å²) in [5.74, 6) is -1.61. The van der Waals surface area contributed by atoms with Gasteiger partial charge in [0.25, 0.3) is 11.7 Å². The molecule has 2 heterocycles. The average Bonchev–Trinajstić information content (AvgIpc) is 3.52. The van der Waals surface area contributed by atoms with Gasteiger partial charge in [-0.25, -0.2) is 4.39 Å². The Hall–Kier alpha value is -2.28. The zero-order chi connectivity index (χ0) is 19.3. The number of amides is 1. The third-order valence-corrected chi connectivity index (χ3v) is 5.75. The predicted octanol–water partition coefficient (Wildman–Crippen LogP) is 3.25. The van der Waals surface area contributed by atoms with Crippen molar-refractivity contribution < 1.29 is 23.8 Å². The molecule has 146 valence electrons. The van der Waals surface area contributed by atoms with Gasteiger partial charge in [-0.1, -0.05) is 24.3 Å². The maximum atomic E-state index is 14.2. The van der Waals surface area contributed by atoms with Crippen LogP contribution in [0.1, 0.15) is 42.1 Å². The van der Waals surface area contributed by atoms with Crippen molar-refractivity contribution in [2.75, 3.05) is 24.7 Å². The largest absolute Gasteiger partial charge is 0.384 e. The minimum Gasteiger partial charge on any atom is -0.384 e. The van der Waals surface area contributed by atoms with Crippen LogP contribution in [-0.4, -0.2) is 30.8 Å². The quantitative estimate of drug-likeness (QED) is 0.881. The maximum absolute atomic E-state index is 14.2. The lowest BCUT2D eigenvalue weighted by Gasteiger charge is -2.32. The molecule has 1 atom stereocenters. The molecule has 1 aliphatic carbocycles. The van der Waals surface area contributed by atoms with E-state index in [1.54, 1.807) is 35.2 Å². The van der Waals surface area contributed by atoms with Crippen LogP contribution >= 0.6 is 0 Å². The SMILES string of the molecule is O=C1N(CC2CC2)c2ccc(C(O)c3ccccc3F)cc2C12OCCCO2. The fourth-order valence-corrected chi connectivity index (χ4v) is 4.05. The topological polar surface area (TPSA) is 59.0 Å². The van der Waals surface area contributed by atoms with Gasteiger partial charge in [-0.15, -0.1) is 0 Å². The molecule has 2 fully saturated rings. The minimum atomic E-state index is -1.45. The molecule has 2 aliphatic heterocycles. The van der Waals surface area contributed by atoms with Crippen LogP contribution < -0.4 is 4.90 Å². The van der Waals surface area contributed by atoms with Gasteiger partial charge >= 0.3 is 0 Å². The van der Waals surface area contributed by atoms with E-state index in [-0.39, 0.29) is 11.5 Å². The molecule has 0 radical (unpaired) electrons.